The number of ether oxygens (including phenoxy) is 1. The van der Waals surface area contributed by atoms with Gasteiger partial charge < -0.3 is 15.0 Å². The van der Waals surface area contributed by atoms with Crippen LogP contribution in [0.2, 0.25) is 0 Å². The van der Waals surface area contributed by atoms with Crippen molar-refractivity contribution in [2.75, 3.05) is 13.2 Å². The van der Waals surface area contributed by atoms with Crippen LogP contribution >= 0.6 is 0 Å². The van der Waals surface area contributed by atoms with Crippen LogP contribution in [0.4, 0.5) is 0 Å². The first kappa shape index (κ1) is 11.2. The number of nitrogens with two attached hydrogens (primary N) is 1. The molecule has 17 heavy (non-hydrogen) atoms. The van der Waals surface area contributed by atoms with Crippen molar-refractivity contribution in [2.24, 2.45) is 11.7 Å². The molecule has 1 saturated heterocycles. The second kappa shape index (κ2) is 4.78. The van der Waals surface area contributed by atoms with Crippen molar-refractivity contribution in [1.82, 2.24) is 9.55 Å². The standard InChI is InChI=1S/C13H21N3O/c14-11-1-2-12-8-15-13(16(12)9-11)7-10-3-5-17-6-4-10/h8,10-11H,1-7,9,14H2. The Kier molecular flexibility index (Phi) is 3.16. The van der Waals surface area contributed by atoms with E-state index in [1.54, 1.807) is 0 Å². The van der Waals surface area contributed by atoms with E-state index >= 15 is 0 Å². The highest BCUT2D eigenvalue weighted by molar-refractivity contribution is 5.10. The fraction of sp³-hybridized carbons (Fsp3) is 0.769. The second-order valence-electron chi connectivity index (χ2n) is 5.33. The van der Waals surface area contributed by atoms with Crippen LogP contribution in [-0.4, -0.2) is 28.8 Å². The van der Waals surface area contributed by atoms with E-state index < -0.39 is 0 Å². The van der Waals surface area contributed by atoms with Gasteiger partial charge in [0, 0.05) is 44.1 Å². The maximum atomic E-state index is 6.04. The number of nitrogens with zero attached hydrogens (tertiary/aromatic N) is 2. The monoisotopic (exact) mass is 235 g/mol. The minimum Gasteiger partial charge on any atom is -0.381 e. The molecule has 0 aromatic carbocycles. The highest BCUT2D eigenvalue weighted by atomic mass is 16.5. The average Bonchev–Trinajstić information content (AvgIpc) is 2.73. The molecule has 2 aliphatic heterocycles. The van der Waals surface area contributed by atoms with E-state index in [0.29, 0.717) is 6.04 Å². The second-order valence-corrected chi connectivity index (χ2v) is 5.33. The number of aryl methyl sites for hydroxylation is 1. The van der Waals surface area contributed by atoms with Crippen LogP contribution in [0.1, 0.15) is 30.8 Å². The molecule has 0 amide bonds. The van der Waals surface area contributed by atoms with E-state index in [2.05, 4.69) is 9.55 Å². The van der Waals surface area contributed by atoms with Gasteiger partial charge in [-0.2, -0.15) is 0 Å². The van der Waals surface area contributed by atoms with E-state index in [4.69, 9.17) is 10.5 Å². The average molecular weight is 235 g/mol. The lowest BCUT2D eigenvalue weighted by Gasteiger charge is -2.25. The first-order valence-corrected chi connectivity index (χ1v) is 6.69. The molecule has 1 aromatic rings. The SMILES string of the molecule is NC1CCc2cnc(CC3CCOCC3)n2C1. The molecule has 4 heteroatoms. The highest BCUT2D eigenvalue weighted by Crippen LogP contribution is 2.22. The minimum absolute atomic E-state index is 0.310. The molecule has 4 nitrogen and oxygen atoms in total. The Balaban J connectivity index is 1.72. The van der Waals surface area contributed by atoms with Gasteiger partial charge in [-0.3, -0.25) is 0 Å². The predicted octanol–water partition coefficient (Wildman–Crippen LogP) is 1.13. The lowest BCUT2D eigenvalue weighted by atomic mass is 9.96. The molecule has 0 aliphatic carbocycles. The van der Waals surface area contributed by atoms with Gasteiger partial charge in [0.1, 0.15) is 5.82 Å². The van der Waals surface area contributed by atoms with Crippen molar-refractivity contribution < 1.29 is 4.74 Å². The molecule has 1 fully saturated rings. The van der Waals surface area contributed by atoms with Gasteiger partial charge in [0.15, 0.2) is 0 Å². The van der Waals surface area contributed by atoms with Gasteiger partial charge in [0.05, 0.1) is 0 Å². The Morgan fingerprint density at radius 2 is 2.18 bits per heavy atom. The van der Waals surface area contributed by atoms with Crippen molar-refractivity contribution in [1.29, 1.82) is 0 Å². The fourth-order valence-corrected chi connectivity index (χ4v) is 2.91. The Morgan fingerprint density at radius 3 is 3.00 bits per heavy atom. The number of rotatable bonds is 2. The molecular weight excluding hydrogens is 214 g/mol. The summed E-state index contributed by atoms with van der Waals surface area (Å²) in [5.74, 6) is 1.98. The molecule has 3 rings (SSSR count). The van der Waals surface area contributed by atoms with Gasteiger partial charge in [-0.05, 0) is 31.6 Å². The van der Waals surface area contributed by atoms with E-state index in [1.165, 1.54) is 24.4 Å². The van der Waals surface area contributed by atoms with Crippen LogP contribution in [0.5, 0.6) is 0 Å². The van der Waals surface area contributed by atoms with Crippen LogP contribution in [0.25, 0.3) is 0 Å². The molecule has 2 aliphatic rings. The molecule has 1 atom stereocenters. The van der Waals surface area contributed by atoms with Gasteiger partial charge in [0.2, 0.25) is 0 Å². The first-order chi connectivity index (χ1) is 8.33. The molecular formula is C13H21N3O. The zero-order valence-corrected chi connectivity index (χ0v) is 10.3. The van der Waals surface area contributed by atoms with E-state index in [9.17, 15) is 0 Å². The molecule has 0 saturated carbocycles. The fourth-order valence-electron chi connectivity index (χ4n) is 2.91. The summed E-state index contributed by atoms with van der Waals surface area (Å²) in [5.41, 5.74) is 7.41. The van der Waals surface area contributed by atoms with Crippen LogP contribution in [-0.2, 0) is 24.1 Å². The summed E-state index contributed by atoms with van der Waals surface area (Å²) in [5, 5.41) is 0. The third kappa shape index (κ3) is 2.38. The molecule has 3 heterocycles. The third-order valence-corrected chi connectivity index (χ3v) is 4.02. The molecule has 94 valence electrons. The highest BCUT2D eigenvalue weighted by Gasteiger charge is 2.22. The third-order valence-electron chi connectivity index (χ3n) is 4.02. The van der Waals surface area contributed by atoms with Gasteiger partial charge >= 0.3 is 0 Å². The molecule has 0 radical (unpaired) electrons. The predicted molar refractivity (Wildman–Crippen MR) is 65.8 cm³/mol. The summed E-state index contributed by atoms with van der Waals surface area (Å²) >= 11 is 0. The van der Waals surface area contributed by atoms with Gasteiger partial charge in [-0.15, -0.1) is 0 Å². The van der Waals surface area contributed by atoms with E-state index in [1.807, 2.05) is 6.20 Å². The number of hydrogen-bond donors (Lipinski definition) is 1. The summed E-state index contributed by atoms with van der Waals surface area (Å²) in [6, 6.07) is 0.310. The maximum absolute atomic E-state index is 6.04. The van der Waals surface area contributed by atoms with E-state index in [0.717, 1.165) is 44.9 Å². The maximum Gasteiger partial charge on any atom is 0.109 e. The van der Waals surface area contributed by atoms with E-state index in [-0.39, 0.29) is 0 Å². The Labute approximate surface area is 102 Å². The van der Waals surface area contributed by atoms with Crippen LogP contribution in [0.3, 0.4) is 0 Å². The zero-order valence-electron chi connectivity index (χ0n) is 10.3. The summed E-state index contributed by atoms with van der Waals surface area (Å²) < 4.78 is 7.75. The first-order valence-electron chi connectivity index (χ1n) is 6.69. The van der Waals surface area contributed by atoms with Crippen LogP contribution in [0, 0.1) is 5.92 Å². The summed E-state index contributed by atoms with van der Waals surface area (Å²) in [4.78, 5) is 4.59. The van der Waals surface area contributed by atoms with Crippen molar-refractivity contribution in [3.05, 3.63) is 17.7 Å². The number of imidazole rings is 1. The van der Waals surface area contributed by atoms with Crippen LogP contribution in [0.15, 0.2) is 6.20 Å². The summed E-state index contributed by atoms with van der Waals surface area (Å²) in [6.45, 7) is 2.78. The van der Waals surface area contributed by atoms with Crippen molar-refractivity contribution in [2.45, 2.75) is 44.7 Å². The Morgan fingerprint density at radius 1 is 1.35 bits per heavy atom. The number of fused-ring (bicyclic) bond motifs is 1. The molecule has 1 aromatic heterocycles. The Hall–Kier alpha value is -0.870. The lowest BCUT2D eigenvalue weighted by Crippen LogP contribution is -2.33. The smallest absolute Gasteiger partial charge is 0.109 e. The summed E-state index contributed by atoms with van der Waals surface area (Å²) in [7, 11) is 0. The van der Waals surface area contributed by atoms with Gasteiger partial charge in [-0.25, -0.2) is 4.98 Å². The normalized spacial score (nSPS) is 25.8. The quantitative estimate of drug-likeness (QED) is 0.836. The molecule has 0 bridgehead atoms. The minimum atomic E-state index is 0.310. The van der Waals surface area contributed by atoms with Gasteiger partial charge in [-0.1, -0.05) is 0 Å². The van der Waals surface area contributed by atoms with Crippen molar-refractivity contribution in [3.63, 3.8) is 0 Å². The van der Waals surface area contributed by atoms with Crippen molar-refractivity contribution in [3.8, 4) is 0 Å². The van der Waals surface area contributed by atoms with Gasteiger partial charge in [0.25, 0.3) is 0 Å². The lowest BCUT2D eigenvalue weighted by molar-refractivity contribution is 0.0656. The molecule has 0 spiro atoms. The molecule has 2 N–H and O–H groups in total. The topological polar surface area (TPSA) is 53.1 Å². The number of hydrogen-bond acceptors (Lipinski definition) is 3. The zero-order chi connectivity index (χ0) is 11.7. The largest absolute Gasteiger partial charge is 0.381 e. The Bertz CT molecular complexity index is 382. The summed E-state index contributed by atoms with van der Waals surface area (Å²) in [6.07, 6.45) is 7.67. The number of aromatic nitrogens is 2. The van der Waals surface area contributed by atoms with Crippen molar-refractivity contribution >= 4 is 0 Å². The molecule has 1 unspecified atom stereocenters. The van der Waals surface area contributed by atoms with Crippen LogP contribution < -0.4 is 5.73 Å².